The zero-order valence-electron chi connectivity index (χ0n) is 11.1. The molecule has 2 N–H and O–H groups in total. The number of nitrogens with zero attached hydrogens (tertiary/aromatic N) is 1. The molecular weight excluding hydrogens is 299 g/mol. The van der Waals surface area contributed by atoms with Crippen LogP contribution in [0.3, 0.4) is 0 Å². The van der Waals surface area contributed by atoms with Crippen LogP contribution in [0.25, 0.3) is 0 Å². The van der Waals surface area contributed by atoms with E-state index in [1.54, 1.807) is 23.1 Å². The molecule has 0 radical (unpaired) electrons. The number of anilines is 1. The molecule has 1 aromatic rings. The fourth-order valence-corrected chi connectivity index (χ4v) is 2.51. The summed E-state index contributed by atoms with van der Waals surface area (Å²) in [4.78, 5) is 14.1. The van der Waals surface area contributed by atoms with Crippen LogP contribution in [0.5, 0.6) is 0 Å². The van der Waals surface area contributed by atoms with Gasteiger partial charge < -0.3 is 15.3 Å². The summed E-state index contributed by atoms with van der Waals surface area (Å²) in [6.45, 7) is 0.625. The van der Waals surface area contributed by atoms with Gasteiger partial charge in [0.25, 0.3) is 0 Å². The molecule has 2 rings (SSSR count). The molecule has 20 heavy (non-hydrogen) atoms. The third-order valence-electron chi connectivity index (χ3n) is 3.50. The molecule has 2 amide bonds. The molecule has 0 saturated heterocycles. The summed E-state index contributed by atoms with van der Waals surface area (Å²) in [6.07, 6.45) is 3.75. The van der Waals surface area contributed by atoms with Crippen molar-refractivity contribution in [3.63, 3.8) is 0 Å². The number of hydrogen-bond acceptors (Lipinski definition) is 2. The second kappa shape index (κ2) is 7.16. The summed E-state index contributed by atoms with van der Waals surface area (Å²) in [5.41, 5.74) is 0.512. The van der Waals surface area contributed by atoms with E-state index in [0.29, 0.717) is 28.7 Å². The fraction of sp³-hybridized carbons (Fsp3) is 0.500. The Labute approximate surface area is 128 Å². The predicted octanol–water partition coefficient (Wildman–Crippen LogP) is 3.76. The molecule has 6 heteroatoms. The van der Waals surface area contributed by atoms with Gasteiger partial charge >= 0.3 is 6.03 Å². The van der Waals surface area contributed by atoms with Crippen LogP contribution < -0.4 is 5.32 Å². The van der Waals surface area contributed by atoms with Crippen LogP contribution in [-0.4, -0.2) is 35.2 Å². The van der Waals surface area contributed by atoms with E-state index in [-0.39, 0.29) is 18.7 Å². The first-order valence-corrected chi connectivity index (χ1v) is 7.51. The summed E-state index contributed by atoms with van der Waals surface area (Å²) in [7, 11) is 0. The molecule has 1 saturated carbocycles. The smallest absolute Gasteiger partial charge is 0.322 e. The van der Waals surface area contributed by atoms with Gasteiger partial charge in [0.05, 0.1) is 10.7 Å². The molecule has 0 atom stereocenters. The number of halogens is 2. The van der Waals surface area contributed by atoms with Crippen molar-refractivity contribution in [2.45, 2.75) is 31.7 Å². The maximum atomic E-state index is 12.3. The van der Waals surface area contributed by atoms with Crippen molar-refractivity contribution in [3.8, 4) is 0 Å². The number of carbonyl (C=O) groups excluding carboxylic acids is 1. The largest absolute Gasteiger partial charge is 0.396 e. The van der Waals surface area contributed by atoms with Gasteiger partial charge in [0.1, 0.15) is 0 Å². The Morgan fingerprint density at radius 3 is 2.75 bits per heavy atom. The van der Waals surface area contributed by atoms with E-state index in [2.05, 4.69) is 5.32 Å². The summed E-state index contributed by atoms with van der Waals surface area (Å²) < 4.78 is 0. The molecule has 0 spiro atoms. The zero-order chi connectivity index (χ0) is 14.5. The van der Waals surface area contributed by atoms with Gasteiger partial charge in [-0.1, -0.05) is 23.2 Å². The van der Waals surface area contributed by atoms with Gasteiger partial charge in [0.15, 0.2) is 0 Å². The molecule has 0 bridgehead atoms. The van der Waals surface area contributed by atoms with Crippen molar-refractivity contribution < 1.29 is 9.90 Å². The van der Waals surface area contributed by atoms with E-state index in [9.17, 15) is 4.79 Å². The van der Waals surface area contributed by atoms with Gasteiger partial charge in [-0.2, -0.15) is 0 Å². The molecular formula is C14H18Cl2N2O2. The highest BCUT2D eigenvalue weighted by molar-refractivity contribution is 6.35. The molecule has 0 unspecified atom stereocenters. The minimum atomic E-state index is -0.188. The first-order chi connectivity index (χ1) is 9.61. The molecule has 0 aliphatic heterocycles. The summed E-state index contributed by atoms with van der Waals surface area (Å²) in [6, 6.07) is 5.04. The average molecular weight is 317 g/mol. The number of nitrogens with one attached hydrogen (secondary N) is 1. The van der Waals surface area contributed by atoms with Gasteiger partial charge in [-0.25, -0.2) is 4.79 Å². The summed E-state index contributed by atoms with van der Waals surface area (Å²) in [5.74, 6) is 0. The maximum absolute atomic E-state index is 12.3. The van der Waals surface area contributed by atoms with Crippen LogP contribution in [0.2, 0.25) is 10.0 Å². The maximum Gasteiger partial charge on any atom is 0.322 e. The van der Waals surface area contributed by atoms with Gasteiger partial charge in [-0.3, -0.25) is 0 Å². The number of urea groups is 1. The van der Waals surface area contributed by atoms with E-state index in [1.165, 1.54) is 0 Å². The highest BCUT2D eigenvalue weighted by Gasteiger charge is 2.28. The van der Waals surface area contributed by atoms with Crippen LogP contribution in [0.1, 0.15) is 25.7 Å². The van der Waals surface area contributed by atoms with Crippen molar-refractivity contribution in [1.82, 2.24) is 4.90 Å². The fourth-order valence-electron chi connectivity index (χ4n) is 2.17. The van der Waals surface area contributed by atoms with Gasteiger partial charge in [-0.05, 0) is 43.9 Å². The van der Waals surface area contributed by atoms with Crippen molar-refractivity contribution in [2.24, 2.45) is 0 Å². The number of aliphatic hydroxyl groups is 1. The second-order valence-corrected chi connectivity index (χ2v) is 5.75. The Hall–Kier alpha value is -0.970. The standard InChI is InChI=1S/C14H18Cl2N2O2/c15-10-5-6-12(16)13(9-10)17-14(20)18(7-2-8-19)11-3-1-4-11/h5-6,9,11,19H,1-4,7-8H2,(H,17,20). The van der Waals surface area contributed by atoms with E-state index >= 15 is 0 Å². The van der Waals surface area contributed by atoms with Crippen LogP contribution in [0.4, 0.5) is 10.5 Å². The SMILES string of the molecule is O=C(Nc1cc(Cl)ccc1Cl)N(CCCO)C1CCC1. The van der Waals surface area contributed by atoms with Crippen molar-refractivity contribution in [2.75, 3.05) is 18.5 Å². The van der Waals surface area contributed by atoms with Crippen LogP contribution in [0.15, 0.2) is 18.2 Å². The van der Waals surface area contributed by atoms with E-state index in [1.807, 2.05) is 0 Å². The minimum absolute atomic E-state index is 0.0778. The van der Waals surface area contributed by atoms with E-state index in [0.717, 1.165) is 19.3 Å². The highest BCUT2D eigenvalue weighted by Crippen LogP contribution is 2.28. The third kappa shape index (κ3) is 3.78. The molecule has 1 aliphatic carbocycles. The molecule has 0 aromatic heterocycles. The molecule has 1 aliphatic rings. The number of hydrogen-bond donors (Lipinski definition) is 2. The first-order valence-electron chi connectivity index (χ1n) is 6.75. The topological polar surface area (TPSA) is 52.6 Å². The molecule has 1 fully saturated rings. The number of carbonyl (C=O) groups is 1. The lowest BCUT2D eigenvalue weighted by molar-refractivity contribution is 0.140. The highest BCUT2D eigenvalue weighted by atomic mass is 35.5. The zero-order valence-corrected chi connectivity index (χ0v) is 12.6. The van der Waals surface area contributed by atoms with Crippen molar-refractivity contribution in [3.05, 3.63) is 28.2 Å². The number of benzene rings is 1. The number of rotatable bonds is 5. The quantitative estimate of drug-likeness (QED) is 0.869. The average Bonchev–Trinajstić information content (AvgIpc) is 2.36. The number of amides is 2. The molecule has 110 valence electrons. The Balaban J connectivity index is 2.05. The van der Waals surface area contributed by atoms with Crippen molar-refractivity contribution in [1.29, 1.82) is 0 Å². The van der Waals surface area contributed by atoms with E-state index in [4.69, 9.17) is 28.3 Å². The Morgan fingerprint density at radius 2 is 2.15 bits per heavy atom. The Bertz CT molecular complexity index is 478. The second-order valence-electron chi connectivity index (χ2n) is 4.91. The summed E-state index contributed by atoms with van der Waals surface area (Å²) in [5, 5.41) is 12.7. The lowest BCUT2D eigenvalue weighted by atomic mass is 9.91. The molecule has 4 nitrogen and oxygen atoms in total. The summed E-state index contributed by atoms with van der Waals surface area (Å²) >= 11 is 12.0. The van der Waals surface area contributed by atoms with Gasteiger partial charge in [0.2, 0.25) is 0 Å². The first kappa shape index (κ1) is 15.4. The lowest BCUT2D eigenvalue weighted by Gasteiger charge is -2.37. The Kier molecular flexibility index (Phi) is 5.52. The minimum Gasteiger partial charge on any atom is -0.396 e. The molecule has 0 heterocycles. The van der Waals surface area contributed by atoms with Crippen LogP contribution in [0, 0.1) is 0 Å². The monoisotopic (exact) mass is 316 g/mol. The third-order valence-corrected chi connectivity index (χ3v) is 4.07. The van der Waals surface area contributed by atoms with E-state index < -0.39 is 0 Å². The number of aliphatic hydroxyl groups excluding tert-OH is 1. The van der Waals surface area contributed by atoms with Gasteiger partial charge in [-0.15, -0.1) is 0 Å². The van der Waals surface area contributed by atoms with Crippen LogP contribution >= 0.6 is 23.2 Å². The molecule has 1 aromatic carbocycles. The predicted molar refractivity (Wildman–Crippen MR) is 81.5 cm³/mol. The van der Waals surface area contributed by atoms with Gasteiger partial charge in [0, 0.05) is 24.2 Å². The van der Waals surface area contributed by atoms with Crippen LogP contribution in [-0.2, 0) is 0 Å². The van der Waals surface area contributed by atoms with Crippen molar-refractivity contribution >= 4 is 34.9 Å². The lowest BCUT2D eigenvalue weighted by Crippen LogP contribution is -2.47. The Morgan fingerprint density at radius 1 is 1.40 bits per heavy atom. The normalized spacial score (nSPS) is 14.8.